The molecule has 45 heavy (non-hydrogen) atoms. The Kier molecular flexibility index (Phi) is 10.3. The number of anilines is 1. The Morgan fingerprint density at radius 2 is 1.91 bits per heavy atom. The number of nitro groups is 1. The second-order valence-electron chi connectivity index (χ2n) is 8.95. The number of nitrogens with two attached hydrogens (primary N) is 1. The number of phosphoric ester groups is 1. The van der Waals surface area contributed by atoms with Crippen LogP contribution in [-0.4, -0.2) is 75.4 Å². The molecule has 21 nitrogen and oxygen atoms in total. The number of nitrogens with one attached hydrogen (secondary N) is 1. The number of hydrogen-bond acceptors (Lipinski definition) is 14. The van der Waals surface area contributed by atoms with Crippen molar-refractivity contribution in [2.24, 2.45) is 5.73 Å². The zero-order valence-corrected chi connectivity index (χ0v) is 25.0. The highest BCUT2D eigenvalue weighted by atomic mass is 31.3. The molecular formula is C21H23N6O15P3. The van der Waals surface area contributed by atoms with Crippen LogP contribution < -0.4 is 11.1 Å². The van der Waals surface area contributed by atoms with E-state index in [-0.39, 0.29) is 40.9 Å². The second-order valence-corrected chi connectivity index (χ2v) is 13.4. The number of hydrogen-bond donors (Lipinski definition) is 7. The number of aliphatic hydroxyl groups excluding tert-OH is 1. The molecule has 0 saturated carbocycles. The number of amides is 1. The summed E-state index contributed by atoms with van der Waals surface area (Å²) in [4.78, 5) is 68.2. The third kappa shape index (κ3) is 8.85. The first-order valence-electron chi connectivity index (χ1n) is 12.2. The lowest BCUT2D eigenvalue weighted by atomic mass is 10.1. The predicted molar refractivity (Wildman–Crippen MR) is 149 cm³/mol. The van der Waals surface area contributed by atoms with Crippen molar-refractivity contribution in [3.8, 4) is 11.8 Å². The molecule has 1 amide bonds. The van der Waals surface area contributed by atoms with Crippen LogP contribution in [0.2, 0.25) is 0 Å². The molecule has 242 valence electrons. The zero-order chi connectivity index (χ0) is 33.2. The van der Waals surface area contributed by atoms with Crippen molar-refractivity contribution in [2.45, 2.75) is 24.9 Å². The van der Waals surface area contributed by atoms with Crippen molar-refractivity contribution >= 4 is 51.9 Å². The van der Waals surface area contributed by atoms with E-state index < -0.39 is 65.0 Å². The van der Waals surface area contributed by atoms with E-state index in [1.54, 1.807) is 0 Å². The third-order valence-electron chi connectivity index (χ3n) is 5.85. The second kappa shape index (κ2) is 13.5. The molecule has 0 spiro atoms. The minimum atomic E-state index is -5.74. The fraction of sp³-hybridized carbons (Fsp3) is 0.286. The van der Waals surface area contributed by atoms with E-state index in [0.29, 0.717) is 0 Å². The molecule has 3 aromatic rings. The molecule has 3 heterocycles. The SMILES string of the molecule is NCC#Cc1ccc(C(=O)Nc2ncnc3c2ccn3[C@H]2CC(O)[C@@H](COP(=O)(O)OP(=O)(O)OP(=O)(O)O)O2)c([N+](=O)[O-])c1. The Labute approximate surface area is 251 Å². The summed E-state index contributed by atoms with van der Waals surface area (Å²) in [6.45, 7) is -0.848. The molecule has 4 rings (SSSR count). The van der Waals surface area contributed by atoms with Crippen LogP contribution >= 0.6 is 23.5 Å². The van der Waals surface area contributed by atoms with Gasteiger partial charge < -0.3 is 45.0 Å². The minimum Gasteiger partial charge on any atom is -0.390 e. The molecule has 1 aromatic carbocycles. The standard InChI is InChI=1S/C21H23N6O15P3/c22-6-1-2-12-3-4-13(15(8-12)27(30)31)21(29)25-19-14-5-7-26(20(14)24-11-23-19)18-9-16(28)17(40-18)10-39-44(35,36)42-45(37,38)41-43(32,33)34/h3-5,7-8,11,16-18,28H,6,9-10,22H2,(H,35,36)(H,37,38)(H2,32,33,34)(H,23,24,25,29)/t16?,17-,18-/m1/s1. The maximum absolute atomic E-state index is 13.0. The highest BCUT2D eigenvalue weighted by Crippen LogP contribution is 2.66. The summed E-state index contributed by atoms with van der Waals surface area (Å²) in [5.74, 6) is 4.34. The van der Waals surface area contributed by atoms with Gasteiger partial charge in [0, 0.05) is 24.2 Å². The molecule has 1 saturated heterocycles. The summed E-state index contributed by atoms with van der Waals surface area (Å²) in [6, 6.07) is 5.26. The molecule has 3 unspecified atom stereocenters. The van der Waals surface area contributed by atoms with Gasteiger partial charge in [-0.25, -0.2) is 23.7 Å². The minimum absolute atomic E-state index is 0.0206. The first-order valence-corrected chi connectivity index (χ1v) is 16.7. The smallest absolute Gasteiger partial charge is 0.390 e. The van der Waals surface area contributed by atoms with Crippen molar-refractivity contribution in [3.63, 3.8) is 0 Å². The first-order chi connectivity index (χ1) is 21.0. The van der Waals surface area contributed by atoms with Crippen LogP contribution in [0.25, 0.3) is 11.0 Å². The van der Waals surface area contributed by atoms with Gasteiger partial charge >= 0.3 is 23.5 Å². The number of ether oxygens (including phenoxy) is 1. The summed E-state index contributed by atoms with van der Waals surface area (Å²) in [5.41, 5.74) is 5.02. The van der Waals surface area contributed by atoms with Crippen molar-refractivity contribution < 1.29 is 66.0 Å². The summed E-state index contributed by atoms with van der Waals surface area (Å²) in [6.07, 6.45) is -1.16. The van der Waals surface area contributed by atoms with Gasteiger partial charge in [0.2, 0.25) is 0 Å². The van der Waals surface area contributed by atoms with Crippen molar-refractivity contribution in [2.75, 3.05) is 18.5 Å². The number of carbonyl (C=O) groups is 1. The number of phosphoric acid groups is 3. The maximum Gasteiger partial charge on any atom is 0.490 e. The van der Waals surface area contributed by atoms with Crippen LogP contribution in [0.4, 0.5) is 11.5 Å². The van der Waals surface area contributed by atoms with E-state index in [1.165, 1.54) is 29.0 Å². The molecule has 1 aliphatic heterocycles. The third-order valence-corrected chi connectivity index (χ3v) is 9.65. The van der Waals surface area contributed by atoms with Crippen LogP contribution in [0.3, 0.4) is 0 Å². The molecule has 1 aliphatic rings. The lowest BCUT2D eigenvalue weighted by Crippen LogP contribution is -2.26. The average molecular weight is 692 g/mol. The topological polar surface area (TPSA) is 318 Å². The van der Waals surface area contributed by atoms with Crippen LogP contribution in [-0.2, 0) is 31.6 Å². The molecule has 24 heteroatoms. The van der Waals surface area contributed by atoms with Gasteiger partial charge in [-0.05, 0) is 18.2 Å². The number of nitro benzene ring substituents is 1. The first kappa shape index (κ1) is 34.4. The van der Waals surface area contributed by atoms with Crippen LogP contribution in [0, 0.1) is 22.0 Å². The van der Waals surface area contributed by atoms with Crippen molar-refractivity contribution in [1.29, 1.82) is 0 Å². The highest BCUT2D eigenvalue weighted by molar-refractivity contribution is 7.66. The average Bonchev–Trinajstić information content (AvgIpc) is 3.52. The van der Waals surface area contributed by atoms with Gasteiger partial charge in [0.25, 0.3) is 11.6 Å². The zero-order valence-electron chi connectivity index (χ0n) is 22.3. The molecular weight excluding hydrogens is 669 g/mol. The molecule has 1 fully saturated rings. The van der Waals surface area contributed by atoms with Gasteiger partial charge in [0.15, 0.2) is 0 Å². The van der Waals surface area contributed by atoms with Gasteiger partial charge in [-0.15, -0.1) is 0 Å². The Balaban J connectivity index is 1.47. The summed E-state index contributed by atoms with van der Waals surface area (Å²) in [5, 5.41) is 24.8. The fourth-order valence-electron chi connectivity index (χ4n) is 4.09. The number of fused-ring (bicyclic) bond motifs is 1. The molecule has 0 radical (unpaired) electrons. The van der Waals surface area contributed by atoms with Gasteiger partial charge in [-0.3, -0.25) is 19.4 Å². The Morgan fingerprint density at radius 1 is 1.18 bits per heavy atom. The van der Waals surface area contributed by atoms with Crippen LogP contribution in [0.5, 0.6) is 0 Å². The monoisotopic (exact) mass is 692 g/mol. The lowest BCUT2D eigenvalue weighted by Gasteiger charge is -2.19. The number of aromatic nitrogens is 3. The van der Waals surface area contributed by atoms with E-state index >= 15 is 0 Å². The molecule has 5 atom stereocenters. The number of aliphatic hydroxyl groups is 1. The normalized spacial score (nSPS) is 21.0. The van der Waals surface area contributed by atoms with Crippen LogP contribution in [0.15, 0.2) is 36.8 Å². The van der Waals surface area contributed by atoms with Gasteiger partial charge in [0.1, 0.15) is 35.7 Å². The number of rotatable bonds is 11. The summed E-state index contributed by atoms with van der Waals surface area (Å²) in [7, 11) is -16.8. The van der Waals surface area contributed by atoms with Crippen molar-refractivity contribution in [3.05, 3.63) is 58.0 Å². The Bertz CT molecular complexity index is 1830. The molecule has 0 aliphatic carbocycles. The van der Waals surface area contributed by atoms with Gasteiger partial charge in [-0.2, -0.15) is 8.62 Å². The quantitative estimate of drug-likeness (QED) is 0.0635. The van der Waals surface area contributed by atoms with E-state index in [2.05, 4.69) is 40.3 Å². The van der Waals surface area contributed by atoms with E-state index in [1.807, 2.05) is 0 Å². The summed E-state index contributed by atoms with van der Waals surface area (Å²) >= 11 is 0. The van der Waals surface area contributed by atoms with Crippen LogP contribution in [0.1, 0.15) is 28.6 Å². The van der Waals surface area contributed by atoms with E-state index in [4.69, 9.17) is 20.3 Å². The number of benzene rings is 1. The Hall–Kier alpha value is -3.44. The number of carbonyl (C=O) groups excluding carboxylic acids is 1. The maximum atomic E-state index is 13.0. The van der Waals surface area contributed by atoms with E-state index in [9.17, 15) is 43.5 Å². The molecule has 2 aromatic heterocycles. The fourth-order valence-corrected chi connectivity index (χ4v) is 7.12. The molecule has 0 bridgehead atoms. The van der Waals surface area contributed by atoms with Crippen molar-refractivity contribution in [1.82, 2.24) is 14.5 Å². The Morgan fingerprint density at radius 3 is 2.58 bits per heavy atom. The summed E-state index contributed by atoms with van der Waals surface area (Å²) < 4.78 is 53.2. The van der Waals surface area contributed by atoms with E-state index in [0.717, 1.165) is 12.4 Å². The highest BCUT2D eigenvalue weighted by Gasteiger charge is 2.43. The lowest BCUT2D eigenvalue weighted by molar-refractivity contribution is -0.385. The van der Waals surface area contributed by atoms with Gasteiger partial charge in [0.05, 0.1) is 29.6 Å². The predicted octanol–water partition coefficient (Wildman–Crippen LogP) is 0.894. The number of nitrogens with zero attached hydrogens (tertiary/aromatic N) is 4. The van der Waals surface area contributed by atoms with Gasteiger partial charge in [-0.1, -0.05) is 11.8 Å². The molecule has 8 N–H and O–H groups in total. The largest absolute Gasteiger partial charge is 0.490 e.